The summed E-state index contributed by atoms with van der Waals surface area (Å²) in [6.07, 6.45) is 0. The van der Waals surface area contributed by atoms with Gasteiger partial charge in [0.25, 0.3) is 5.69 Å². The molecule has 0 fully saturated rings. The van der Waals surface area contributed by atoms with E-state index in [1.807, 2.05) is 37.4 Å². The molecule has 0 aliphatic rings. The number of non-ortho nitro benzene ring substituents is 1. The first-order valence-electron chi connectivity index (χ1n) is 7.18. The van der Waals surface area contributed by atoms with Gasteiger partial charge in [-0.15, -0.1) is 0 Å². The number of rotatable bonds is 8. The molecule has 2 aromatic rings. The quantitative estimate of drug-likeness (QED) is 0.254. The minimum absolute atomic E-state index is 0.0247. The summed E-state index contributed by atoms with van der Waals surface area (Å²) in [5.41, 5.74) is 1.15. The standard InChI is InChI=1S/C16H20N4O3/c1-19(17)16(13-5-3-2-4-6-13)11-18-12-23-15-9-7-14(8-10-15)20(21)22/h2-10,16,18H,11-12,17H2,1H3. The van der Waals surface area contributed by atoms with E-state index in [2.05, 4.69) is 5.32 Å². The van der Waals surface area contributed by atoms with Crippen molar-refractivity contribution in [1.29, 1.82) is 0 Å². The Morgan fingerprint density at radius 3 is 2.43 bits per heavy atom. The van der Waals surface area contributed by atoms with Crippen LogP contribution in [0.4, 0.5) is 5.69 Å². The molecule has 0 spiro atoms. The highest BCUT2D eigenvalue weighted by molar-refractivity contribution is 5.35. The van der Waals surface area contributed by atoms with Crippen LogP contribution in [-0.2, 0) is 0 Å². The second-order valence-electron chi connectivity index (χ2n) is 5.09. The van der Waals surface area contributed by atoms with Crippen molar-refractivity contribution in [2.45, 2.75) is 6.04 Å². The summed E-state index contributed by atoms with van der Waals surface area (Å²) in [6.45, 7) is 0.902. The van der Waals surface area contributed by atoms with Gasteiger partial charge < -0.3 is 4.74 Å². The minimum atomic E-state index is -0.441. The zero-order valence-electron chi connectivity index (χ0n) is 12.9. The Hall–Kier alpha value is -2.48. The molecule has 122 valence electrons. The first kappa shape index (κ1) is 16.9. The molecular weight excluding hydrogens is 296 g/mol. The van der Waals surface area contributed by atoms with Crippen LogP contribution in [-0.4, -0.2) is 30.3 Å². The van der Waals surface area contributed by atoms with Crippen molar-refractivity contribution in [2.24, 2.45) is 5.84 Å². The zero-order chi connectivity index (χ0) is 16.7. The van der Waals surface area contributed by atoms with Crippen LogP contribution in [0.25, 0.3) is 0 Å². The molecule has 1 unspecified atom stereocenters. The van der Waals surface area contributed by atoms with E-state index in [4.69, 9.17) is 10.6 Å². The highest BCUT2D eigenvalue weighted by Gasteiger charge is 2.13. The Kier molecular flexibility index (Phi) is 6.04. The fraction of sp³-hybridized carbons (Fsp3) is 0.250. The number of ether oxygens (including phenoxy) is 1. The van der Waals surface area contributed by atoms with Crippen molar-refractivity contribution < 1.29 is 9.66 Å². The van der Waals surface area contributed by atoms with Gasteiger partial charge in [-0.05, 0) is 17.7 Å². The summed E-state index contributed by atoms with van der Waals surface area (Å²) in [5, 5.41) is 15.4. The molecular formula is C16H20N4O3. The fourth-order valence-corrected chi connectivity index (χ4v) is 2.17. The van der Waals surface area contributed by atoms with Crippen molar-refractivity contribution >= 4 is 5.69 Å². The lowest BCUT2D eigenvalue weighted by Gasteiger charge is -2.24. The summed E-state index contributed by atoms with van der Waals surface area (Å²) in [5.74, 6) is 6.47. The largest absolute Gasteiger partial charge is 0.478 e. The van der Waals surface area contributed by atoms with Crippen molar-refractivity contribution in [3.8, 4) is 5.75 Å². The Labute approximate surface area is 134 Å². The van der Waals surface area contributed by atoms with Gasteiger partial charge in [-0.25, -0.2) is 5.01 Å². The van der Waals surface area contributed by atoms with Crippen molar-refractivity contribution in [3.05, 3.63) is 70.3 Å². The van der Waals surface area contributed by atoms with Crippen LogP contribution in [0.5, 0.6) is 5.75 Å². The third kappa shape index (κ3) is 5.03. The van der Waals surface area contributed by atoms with E-state index in [-0.39, 0.29) is 18.5 Å². The van der Waals surface area contributed by atoms with Crippen LogP contribution in [0.1, 0.15) is 11.6 Å². The molecule has 3 N–H and O–H groups in total. The lowest BCUT2D eigenvalue weighted by atomic mass is 10.1. The van der Waals surface area contributed by atoms with Gasteiger partial charge in [0.15, 0.2) is 0 Å². The number of hydrogen-bond acceptors (Lipinski definition) is 6. The Bertz CT molecular complexity index is 617. The van der Waals surface area contributed by atoms with E-state index < -0.39 is 4.92 Å². The molecule has 7 nitrogen and oxygen atoms in total. The number of benzene rings is 2. The predicted octanol–water partition coefficient (Wildman–Crippen LogP) is 2.07. The number of nitro groups is 1. The lowest BCUT2D eigenvalue weighted by molar-refractivity contribution is -0.384. The molecule has 0 aliphatic carbocycles. The zero-order valence-corrected chi connectivity index (χ0v) is 12.9. The minimum Gasteiger partial charge on any atom is -0.478 e. The molecule has 0 radical (unpaired) electrons. The van der Waals surface area contributed by atoms with Crippen LogP contribution in [0.3, 0.4) is 0 Å². The van der Waals surface area contributed by atoms with Gasteiger partial charge in [0.05, 0.1) is 11.0 Å². The van der Waals surface area contributed by atoms with Crippen LogP contribution >= 0.6 is 0 Å². The number of nitrogens with one attached hydrogen (secondary N) is 1. The molecule has 0 saturated carbocycles. The maximum atomic E-state index is 10.6. The molecule has 2 rings (SSSR count). The van der Waals surface area contributed by atoms with E-state index >= 15 is 0 Å². The fourth-order valence-electron chi connectivity index (χ4n) is 2.17. The highest BCUT2D eigenvalue weighted by Crippen LogP contribution is 2.17. The predicted molar refractivity (Wildman–Crippen MR) is 87.7 cm³/mol. The first-order valence-corrected chi connectivity index (χ1v) is 7.18. The maximum absolute atomic E-state index is 10.6. The topological polar surface area (TPSA) is 93.7 Å². The summed E-state index contributed by atoms with van der Waals surface area (Å²) in [7, 11) is 1.82. The number of nitrogens with two attached hydrogens (primary N) is 1. The molecule has 0 aliphatic heterocycles. The van der Waals surface area contributed by atoms with Crippen molar-refractivity contribution in [1.82, 2.24) is 10.3 Å². The molecule has 2 aromatic carbocycles. The van der Waals surface area contributed by atoms with Crippen LogP contribution in [0.15, 0.2) is 54.6 Å². The van der Waals surface area contributed by atoms with Gasteiger partial charge in [-0.3, -0.25) is 21.3 Å². The number of hydrogen-bond donors (Lipinski definition) is 2. The number of likely N-dealkylation sites (N-methyl/N-ethyl adjacent to an activating group) is 1. The van der Waals surface area contributed by atoms with Crippen molar-refractivity contribution in [2.75, 3.05) is 20.3 Å². The summed E-state index contributed by atoms with van der Waals surface area (Å²) in [4.78, 5) is 10.1. The molecule has 0 amide bonds. The Balaban J connectivity index is 1.82. The molecule has 0 aromatic heterocycles. The van der Waals surface area contributed by atoms with Gasteiger partial charge in [0.1, 0.15) is 12.5 Å². The van der Waals surface area contributed by atoms with E-state index in [9.17, 15) is 10.1 Å². The van der Waals surface area contributed by atoms with Gasteiger partial charge in [0, 0.05) is 25.7 Å². The van der Waals surface area contributed by atoms with E-state index in [1.54, 1.807) is 17.1 Å². The number of hydrazine groups is 1. The molecule has 7 heteroatoms. The highest BCUT2D eigenvalue weighted by atomic mass is 16.6. The van der Waals surface area contributed by atoms with Gasteiger partial charge in [-0.1, -0.05) is 30.3 Å². The smallest absolute Gasteiger partial charge is 0.269 e. The molecule has 0 heterocycles. The Morgan fingerprint density at radius 2 is 1.87 bits per heavy atom. The molecule has 23 heavy (non-hydrogen) atoms. The van der Waals surface area contributed by atoms with E-state index in [0.717, 1.165) is 5.56 Å². The van der Waals surface area contributed by atoms with Crippen LogP contribution < -0.4 is 15.9 Å². The molecule has 1 atom stereocenters. The van der Waals surface area contributed by atoms with Crippen molar-refractivity contribution in [3.63, 3.8) is 0 Å². The van der Waals surface area contributed by atoms with E-state index in [0.29, 0.717) is 12.3 Å². The van der Waals surface area contributed by atoms with Gasteiger partial charge >= 0.3 is 0 Å². The van der Waals surface area contributed by atoms with Crippen LogP contribution in [0, 0.1) is 10.1 Å². The van der Waals surface area contributed by atoms with Gasteiger partial charge in [0.2, 0.25) is 0 Å². The number of nitro benzene ring substituents is 1. The van der Waals surface area contributed by atoms with Crippen LogP contribution in [0.2, 0.25) is 0 Å². The third-order valence-corrected chi connectivity index (χ3v) is 3.40. The summed E-state index contributed by atoms with van der Waals surface area (Å²) < 4.78 is 5.51. The molecule has 0 saturated heterocycles. The monoisotopic (exact) mass is 316 g/mol. The average molecular weight is 316 g/mol. The SMILES string of the molecule is CN(N)C(CNCOc1ccc([N+](=O)[O-])cc1)c1ccccc1. The average Bonchev–Trinajstić information content (AvgIpc) is 2.55. The second-order valence-corrected chi connectivity index (χ2v) is 5.09. The lowest BCUT2D eigenvalue weighted by Crippen LogP contribution is -2.38. The first-order chi connectivity index (χ1) is 11.1. The van der Waals surface area contributed by atoms with E-state index in [1.165, 1.54) is 12.1 Å². The Morgan fingerprint density at radius 1 is 1.22 bits per heavy atom. The molecule has 0 bridgehead atoms. The maximum Gasteiger partial charge on any atom is 0.269 e. The normalized spacial score (nSPS) is 12.1. The number of nitrogens with zero attached hydrogens (tertiary/aromatic N) is 2. The third-order valence-electron chi connectivity index (χ3n) is 3.40. The summed E-state index contributed by atoms with van der Waals surface area (Å²) >= 11 is 0. The van der Waals surface area contributed by atoms with Gasteiger partial charge in [-0.2, -0.15) is 0 Å². The second kappa shape index (κ2) is 8.23. The summed E-state index contributed by atoms with van der Waals surface area (Å²) in [6, 6.07) is 15.9.